The lowest BCUT2D eigenvalue weighted by Gasteiger charge is -2.29. The molecule has 5 rings (SSSR count). The van der Waals surface area contributed by atoms with Gasteiger partial charge in [0, 0.05) is 0 Å². The molecule has 0 atom stereocenters. The summed E-state index contributed by atoms with van der Waals surface area (Å²) in [6, 6.07) is 19.7. The van der Waals surface area contributed by atoms with Gasteiger partial charge in [-0.15, -0.1) is 8.78 Å². The van der Waals surface area contributed by atoms with Crippen LogP contribution in [-0.4, -0.2) is 23.2 Å². The third-order valence-corrected chi connectivity index (χ3v) is 5.20. The largest absolute Gasteiger partial charge is 0.586 e. The number of carbonyl (C=O) groups is 2. The first-order valence-corrected chi connectivity index (χ1v) is 10.3. The number of alkyl halides is 2. The van der Waals surface area contributed by atoms with Crippen LogP contribution < -0.4 is 24.4 Å². The second-order valence-corrected chi connectivity index (χ2v) is 7.63. The summed E-state index contributed by atoms with van der Waals surface area (Å²) in [5.74, 6) is -0.538. The van der Waals surface area contributed by atoms with Crippen LogP contribution in [-0.2, 0) is 9.59 Å². The second kappa shape index (κ2) is 8.23. The van der Waals surface area contributed by atoms with Crippen molar-refractivity contribution in [1.29, 1.82) is 0 Å². The van der Waals surface area contributed by atoms with Gasteiger partial charge in [-0.2, -0.15) is 0 Å². The van der Waals surface area contributed by atoms with E-state index in [1.165, 1.54) is 24.3 Å². The van der Waals surface area contributed by atoms with Gasteiger partial charge in [-0.25, -0.2) is 0 Å². The van der Waals surface area contributed by atoms with Crippen LogP contribution in [0.4, 0.5) is 14.5 Å². The zero-order valence-electron chi connectivity index (χ0n) is 17.2. The molecule has 2 aliphatic rings. The van der Waals surface area contributed by atoms with E-state index in [1.54, 1.807) is 36.4 Å². The summed E-state index contributed by atoms with van der Waals surface area (Å²) in [5, 5.41) is 2.38. The minimum Gasteiger partial charge on any atom is -0.457 e. The van der Waals surface area contributed by atoms with Crippen molar-refractivity contribution in [2.75, 3.05) is 4.90 Å². The van der Waals surface area contributed by atoms with Crippen LogP contribution in [0.1, 0.15) is 5.56 Å². The van der Waals surface area contributed by atoms with Crippen molar-refractivity contribution in [3.8, 4) is 23.0 Å². The molecule has 1 saturated heterocycles. The number of hydrogen-bond donors (Lipinski definition) is 1. The normalized spacial score (nSPS) is 17.6. The summed E-state index contributed by atoms with van der Waals surface area (Å²) in [6.07, 6.45) is -2.51. The third-order valence-electron chi connectivity index (χ3n) is 4.91. The molecule has 2 heterocycles. The lowest BCUT2D eigenvalue weighted by molar-refractivity contribution is -0.286. The fourth-order valence-corrected chi connectivity index (χ4v) is 3.68. The van der Waals surface area contributed by atoms with Crippen LogP contribution >= 0.6 is 12.2 Å². The number of benzene rings is 3. The lowest BCUT2D eigenvalue weighted by atomic mass is 10.1. The molecule has 0 aromatic heterocycles. The Hall–Kier alpha value is -4.31. The number of thiocarbonyl (C=S) groups is 1. The summed E-state index contributed by atoms with van der Waals surface area (Å²) in [7, 11) is 0. The van der Waals surface area contributed by atoms with Crippen LogP contribution in [0, 0.1) is 0 Å². The van der Waals surface area contributed by atoms with Gasteiger partial charge >= 0.3 is 6.29 Å². The number of hydrogen-bond acceptors (Lipinski definition) is 6. The number of carbonyl (C=O) groups excluding carboxylic acids is 2. The zero-order valence-corrected chi connectivity index (χ0v) is 18.0. The van der Waals surface area contributed by atoms with Crippen LogP contribution in [0.5, 0.6) is 23.0 Å². The predicted molar refractivity (Wildman–Crippen MR) is 122 cm³/mol. The first kappa shape index (κ1) is 21.5. The molecule has 0 radical (unpaired) electrons. The molecule has 0 spiro atoms. The quantitative estimate of drug-likeness (QED) is 0.333. The Kier molecular flexibility index (Phi) is 5.21. The van der Waals surface area contributed by atoms with Crippen LogP contribution in [0.25, 0.3) is 6.08 Å². The summed E-state index contributed by atoms with van der Waals surface area (Å²) in [5.41, 5.74) is 0.466. The van der Waals surface area contributed by atoms with Crippen molar-refractivity contribution in [2.24, 2.45) is 0 Å². The Morgan fingerprint density at radius 3 is 2.32 bits per heavy atom. The van der Waals surface area contributed by atoms with Crippen molar-refractivity contribution < 1.29 is 32.6 Å². The highest BCUT2D eigenvalue weighted by Crippen LogP contribution is 2.41. The van der Waals surface area contributed by atoms with Crippen molar-refractivity contribution >= 4 is 40.9 Å². The van der Waals surface area contributed by atoms with Gasteiger partial charge < -0.3 is 14.2 Å². The Morgan fingerprint density at radius 1 is 0.912 bits per heavy atom. The van der Waals surface area contributed by atoms with E-state index in [1.807, 2.05) is 18.2 Å². The van der Waals surface area contributed by atoms with Crippen molar-refractivity contribution in [3.05, 3.63) is 83.9 Å². The maximum atomic E-state index is 13.3. The van der Waals surface area contributed by atoms with E-state index < -0.39 is 18.1 Å². The predicted octanol–water partition coefficient (Wildman–Crippen LogP) is 4.63. The van der Waals surface area contributed by atoms with E-state index in [2.05, 4.69) is 14.8 Å². The smallest absolute Gasteiger partial charge is 0.457 e. The van der Waals surface area contributed by atoms with Crippen LogP contribution in [0.2, 0.25) is 0 Å². The number of halogens is 2. The van der Waals surface area contributed by atoms with Crippen LogP contribution in [0.3, 0.4) is 0 Å². The van der Waals surface area contributed by atoms with E-state index in [4.69, 9.17) is 17.0 Å². The SMILES string of the molecule is O=C1NC(=S)N(c2ccc(Oc3ccccc3)cc2)C(=O)C1=Cc1ccc2c(c1)OC(F)(F)O2. The highest BCUT2D eigenvalue weighted by molar-refractivity contribution is 7.80. The zero-order chi connectivity index (χ0) is 23.9. The summed E-state index contributed by atoms with van der Waals surface area (Å²) < 4.78 is 41.1. The van der Waals surface area contributed by atoms with Gasteiger partial charge in [0.15, 0.2) is 16.6 Å². The molecule has 7 nitrogen and oxygen atoms in total. The maximum Gasteiger partial charge on any atom is 0.586 e. The number of fused-ring (bicyclic) bond motifs is 1. The van der Waals surface area contributed by atoms with Gasteiger partial charge in [-0.3, -0.25) is 19.8 Å². The van der Waals surface area contributed by atoms with Gasteiger partial charge in [0.1, 0.15) is 17.1 Å². The summed E-state index contributed by atoms with van der Waals surface area (Å²) in [6.45, 7) is 0. The highest BCUT2D eigenvalue weighted by atomic mass is 32.1. The van der Waals surface area contributed by atoms with Gasteiger partial charge in [0.2, 0.25) is 0 Å². The Bertz CT molecular complexity index is 1340. The first-order chi connectivity index (χ1) is 16.3. The second-order valence-electron chi connectivity index (χ2n) is 7.24. The van der Waals surface area contributed by atoms with E-state index in [-0.39, 0.29) is 27.7 Å². The molecule has 2 amide bonds. The number of para-hydroxylation sites is 1. The standard InChI is InChI=1S/C24H14F2N2O5S/c25-24(26)32-19-11-6-14(13-20(19)33-24)12-18-21(29)27-23(34)28(22(18)30)15-7-9-17(10-8-15)31-16-4-2-1-3-5-16/h1-13H,(H,27,29,34). The van der Waals surface area contributed by atoms with Gasteiger partial charge in [-0.05, 0) is 72.4 Å². The molecule has 34 heavy (non-hydrogen) atoms. The molecule has 3 aromatic rings. The fraction of sp³-hybridized carbons (Fsp3) is 0.0417. The Balaban J connectivity index is 1.40. The maximum absolute atomic E-state index is 13.3. The highest BCUT2D eigenvalue weighted by Gasteiger charge is 2.43. The average Bonchev–Trinajstić information content (AvgIpc) is 3.11. The van der Waals surface area contributed by atoms with Gasteiger partial charge in [0.25, 0.3) is 11.8 Å². The molecule has 170 valence electrons. The molecule has 0 unspecified atom stereocenters. The van der Waals surface area contributed by atoms with E-state index in [9.17, 15) is 18.4 Å². The average molecular weight is 480 g/mol. The summed E-state index contributed by atoms with van der Waals surface area (Å²) in [4.78, 5) is 26.8. The van der Waals surface area contributed by atoms with E-state index in [0.29, 0.717) is 17.2 Å². The first-order valence-electron chi connectivity index (χ1n) is 9.93. The fourth-order valence-electron chi connectivity index (χ4n) is 3.40. The number of nitrogens with one attached hydrogen (secondary N) is 1. The van der Waals surface area contributed by atoms with Crippen molar-refractivity contribution in [2.45, 2.75) is 6.29 Å². The number of nitrogens with zero attached hydrogens (tertiary/aromatic N) is 1. The van der Waals surface area contributed by atoms with Gasteiger partial charge in [0.05, 0.1) is 5.69 Å². The molecule has 1 fully saturated rings. The molecular formula is C24H14F2N2O5S. The number of rotatable bonds is 4. The van der Waals surface area contributed by atoms with E-state index >= 15 is 0 Å². The Morgan fingerprint density at radius 2 is 1.59 bits per heavy atom. The van der Waals surface area contributed by atoms with Crippen LogP contribution in [0.15, 0.2) is 78.4 Å². The molecule has 1 N–H and O–H groups in total. The number of ether oxygens (including phenoxy) is 3. The molecule has 2 aliphatic heterocycles. The van der Waals surface area contributed by atoms with Crippen molar-refractivity contribution in [3.63, 3.8) is 0 Å². The van der Waals surface area contributed by atoms with Crippen molar-refractivity contribution in [1.82, 2.24) is 5.32 Å². The number of amides is 2. The molecular weight excluding hydrogens is 466 g/mol. The minimum absolute atomic E-state index is 0.0887. The van der Waals surface area contributed by atoms with E-state index in [0.717, 1.165) is 4.90 Å². The summed E-state index contributed by atoms with van der Waals surface area (Å²) >= 11 is 5.20. The molecule has 3 aromatic carbocycles. The molecule has 0 saturated carbocycles. The molecule has 10 heteroatoms. The monoisotopic (exact) mass is 480 g/mol. The topological polar surface area (TPSA) is 77.1 Å². The molecule has 0 bridgehead atoms. The Labute approximate surface area is 197 Å². The molecule has 0 aliphatic carbocycles. The van der Waals surface area contributed by atoms with Gasteiger partial charge in [-0.1, -0.05) is 24.3 Å². The third kappa shape index (κ3) is 4.18. The minimum atomic E-state index is -3.77. The lowest BCUT2D eigenvalue weighted by Crippen LogP contribution is -2.54. The number of anilines is 1.